The maximum Gasteiger partial charge on any atom is 0.122 e. The Kier molecular flexibility index (Phi) is 3.24. The number of likely N-dealkylation sites (N-methyl/N-ethyl adjacent to an activating group) is 1. The summed E-state index contributed by atoms with van der Waals surface area (Å²) in [5, 5.41) is 3.37. The van der Waals surface area contributed by atoms with Gasteiger partial charge in [0.15, 0.2) is 0 Å². The second-order valence-corrected chi connectivity index (χ2v) is 4.89. The number of hydrogen-bond acceptors (Lipinski definition) is 3. The number of hydrogen-bond donors (Lipinski definition) is 1. The summed E-state index contributed by atoms with van der Waals surface area (Å²) in [6.45, 7) is 1.57. The molecule has 0 amide bonds. The number of fused-ring (bicyclic) bond motifs is 1. The molecule has 2 unspecified atom stereocenters. The molecule has 0 saturated heterocycles. The van der Waals surface area contributed by atoms with Crippen molar-refractivity contribution in [2.45, 2.75) is 18.9 Å². The average molecular weight is 245 g/mol. The number of ether oxygens (including phenoxy) is 2. The van der Waals surface area contributed by atoms with Crippen molar-refractivity contribution in [3.05, 3.63) is 41.7 Å². The summed E-state index contributed by atoms with van der Waals surface area (Å²) in [5.41, 5.74) is 1.30. The summed E-state index contributed by atoms with van der Waals surface area (Å²) in [6, 6.07) is 8.56. The SMILES string of the molecule is CNC(C1=CCCO1)C1COc2ccccc2C1. The fraction of sp³-hybridized carbons (Fsp3) is 0.467. The third-order valence-electron chi connectivity index (χ3n) is 3.73. The van der Waals surface area contributed by atoms with Crippen molar-refractivity contribution in [3.8, 4) is 5.75 Å². The van der Waals surface area contributed by atoms with Crippen molar-refractivity contribution in [2.75, 3.05) is 20.3 Å². The van der Waals surface area contributed by atoms with Crippen molar-refractivity contribution < 1.29 is 9.47 Å². The minimum Gasteiger partial charge on any atom is -0.496 e. The van der Waals surface area contributed by atoms with Crippen LogP contribution in [0.2, 0.25) is 0 Å². The van der Waals surface area contributed by atoms with Gasteiger partial charge in [-0.05, 0) is 31.2 Å². The molecule has 0 aliphatic carbocycles. The predicted molar refractivity (Wildman–Crippen MR) is 70.6 cm³/mol. The predicted octanol–water partition coefficient (Wildman–Crippen LogP) is 2.13. The summed E-state index contributed by atoms with van der Waals surface area (Å²) in [5.74, 6) is 2.56. The minimum atomic E-state index is 0.265. The smallest absolute Gasteiger partial charge is 0.122 e. The van der Waals surface area contributed by atoms with E-state index in [1.165, 1.54) is 5.56 Å². The van der Waals surface area contributed by atoms with Crippen LogP contribution in [0.15, 0.2) is 36.1 Å². The number of nitrogens with one attached hydrogen (secondary N) is 1. The second-order valence-electron chi connectivity index (χ2n) is 4.89. The number of benzene rings is 1. The Labute approximate surface area is 108 Å². The molecule has 1 aromatic rings. The molecule has 96 valence electrons. The number of para-hydroxylation sites is 1. The minimum absolute atomic E-state index is 0.265. The molecule has 0 saturated carbocycles. The lowest BCUT2D eigenvalue weighted by molar-refractivity contribution is 0.151. The zero-order valence-corrected chi connectivity index (χ0v) is 10.7. The zero-order valence-electron chi connectivity index (χ0n) is 10.7. The molecule has 1 aromatic carbocycles. The van der Waals surface area contributed by atoms with Gasteiger partial charge in [-0.1, -0.05) is 18.2 Å². The summed E-state index contributed by atoms with van der Waals surface area (Å²) < 4.78 is 11.5. The van der Waals surface area contributed by atoms with Crippen LogP contribution in [-0.4, -0.2) is 26.3 Å². The van der Waals surface area contributed by atoms with E-state index in [1.807, 2.05) is 19.2 Å². The molecule has 2 atom stereocenters. The Morgan fingerprint density at radius 1 is 1.28 bits per heavy atom. The third kappa shape index (κ3) is 2.10. The molecular formula is C15H19NO2. The van der Waals surface area contributed by atoms with E-state index in [0.717, 1.165) is 37.6 Å². The third-order valence-corrected chi connectivity index (χ3v) is 3.73. The molecular weight excluding hydrogens is 226 g/mol. The first-order valence-electron chi connectivity index (χ1n) is 6.59. The van der Waals surface area contributed by atoms with Gasteiger partial charge in [-0.25, -0.2) is 0 Å². The Balaban J connectivity index is 1.78. The largest absolute Gasteiger partial charge is 0.496 e. The first-order valence-corrected chi connectivity index (χ1v) is 6.59. The normalized spacial score (nSPS) is 23.6. The summed E-state index contributed by atoms with van der Waals surface area (Å²) in [6.07, 6.45) is 4.27. The molecule has 0 aromatic heterocycles. The Bertz CT molecular complexity index is 456. The standard InChI is InChI=1S/C15H19NO2/c1-16-15(14-7-4-8-17-14)12-9-11-5-2-3-6-13(11)18-10-12/h2-3,5-7,12,15-16H,4,8-10H2,1H3. The van der Waals surface area contributed by atoms with Crippen molar-refractivity contribution >= 4 is 0 Å². The quantitative estimate of drug-likeness (QED) is 0.885. The highest BCUT2D eigenvalue weighted by Crippen LogP contribution is 2.31. The highest BCUT2D eigenvalue weighted by atomic mass is 16.5. The fourth-order valence-corrected chi connectivity index (χ4v) is 2.83. The summed E-state index contributed by atoms with van der Waals surface area (Å²) in [7, 11) is 1.99. The van der Waals surface area contributed by atoms with E-state index in [1.54, 1.807) is 0 Å². The Hall–Kier alpha value is -1.48. The van der Waals surface area contributed by atoms with E-state index in [-0.39, 0.29) is 6.04 Å². The monoisotopic (exact) mass is 245 g/mol. The lowest BCUT2D eigenvalue weighted by Crippen LogP contribution is -2.41. The Morgan fingerprint density at radius 3 is 2.94 bits per heavy atom. The molecule has 1 N–H and O–H groups in total. The van der Waals surface area contributed by atoms with Crippen molar-refractivity contribution in [1.29, 1.82) is 0 Å². The van der Waals surface area contributed by atoms with Crippen LogP contribution in [0.1, 0.15) is 12.0 Å². The first-order chi connectivity index (χ1) is 8.88. The maximum absolute atomic E-state index is 5.86. The van der Waals surface area contributed by atoms with Crippen LogP contribution in [0.5, 0.6) is 5.75 Å². The molecule has 0 spiro atoms. The van der Waals surface area contributed by atoms with Gasteiger partial charge in [0, 0.05) is 12.3 Å². The van der Waals surface area contributed by atoms with E-state index >= 15 is 0 Å². The summed E-state index contributed by atoms with van der Waals surface area (Å²) >= 11 is 0. The van der Waals surface area contributed by atoms with Crippen molar-refractivity contribution in [3.63, 3.8) is 0 Å². The zero-order chi connectivity index (χ0) is 12.4. The highest BCUT2D eigenvalue weighted by molar-refractivity contribution is 5.35. The van der Waals surface area contributed by atoms with E-state index < -0.39 is 0 Å². The fourth-order valence-electron chi connectivity index (χ4n) is 2.83. The van der Waals surface area contributed by atoms with Gasteiger partial charge in [-0.2, -0.15) is 0 Å². The molecule has 3 rings (SSSR count). The molecule has 3 heteroatoms. The van der Waals surface area contributed by atoms with Crippen LogP contribution < -0.4 is 10.1 Å². The molecule has 0 radical (unpaired) electrons. The molecule has 18 heavy (non-hydrogen) atoms. The van der Waals surface area contributed by atoms with Crippen LogP contribution in [0.4, 0.5) is 0 Å². The number of rotatable bonds is 3. The van der Waals surface area contributed by atoms with Crippen LogP contribution in [-0.2, 0) is 11.2 Å². The molecule has 0 bridgehead atoms. The molecule has 2 heterocycles. The van der Waals surface area contributed by atoms with E-state index in [4.69, 9.17) is 9.47 Å². The Morgan fingerprint density at radius 2 is 2.17 bits per heavy atom. The topological polar surface area (TPSA) is 30.5 Å². The van der Waals surface area contributed by atoms with Gasteiger partial charge in [0.1, 0.15) is 11.5 Å². The van der Waals surface area contributed by atoms with Crippen LogP contribution >= 0.6 is 0 Å². The van der Waals surface area contributed by atoms with Crippen LogP contribution in [0, 0.1) is 5.92 Å². The molecule has 2 aliphatic rings. The van der Waals surface area contributed by atoms with E-state index in [0.29, 0.717) is 5.92 Å². The van der Waals surface area contributed by atoms with Gasteiger partial charge >= 0.3 is 0 Å². The van der Waals surface area contributed by atoms with Gasteiger partial charge in [0.2, 0.25) is 0 Å². The molecule has 3 nitrogen and oxygen atoms in total. The first kappa shape index (κ1) is 11.6. The van der Waals surface area contributed by atoms with Gasteiger partial charge in [0.25, 0.3) is 0 Å². The van der Waals surface area contributed by atoms with Crippen LogP contribution in [0.3, 0.4) is 0 Å². The second kappa shape index (κ2) is 5.02. The lowest BCUT2D eigenvalue weighted by Gasteiger charge is -2.31. The summed E-state index contributed by atoms with van der Waals surface area (Å²) in [4.78, 5) is 0. The molecule has 0 fully saturated rings. The lowest BCUT2D eigenvalue weighted by atomic mass is 9.89. The van der Waals surface area contributed by atoms with Gasteiger partial charge in [-0.15, -0.1) is 0 Å². The highest BCUT2D eigenvalue weighted by Gasteiger charge is 2.30. The van der Waals surface area contributed by atoms with Gasteiger partial charge in [-0.3, -0.25) is 0 Å². The van der Waals surface area contributed by atoms with Crippen molar-refractivity contribution in [1.82, 2.24) is 5.32 Å². The van der Waals surface area contributed by atoms with E-state index in [2.05, 4.69) is 23.5 Å². The molecule has 2 aliphatic heterocycles. The van der Waals surface area contributed by atoms with E-state index in [9.17, 15) is 0 Å². The van der Waals surface area contributed by atoms with Gasteiger partial charge in [0.05, 0.1) is 19.3 Å². The van der Waals surface area contributed by atoms with Gasteiger partial charge < -0.3 is 14.8 Å². The maximum atomic E-state index is 5.86. The average Bonchev–Trinajstić information content (AvgIpc) is 2.93. The van der Waals surface area contributed by atoms with Crippen LogP contribution in [0.25, 0.3) is 0 Å². The van der Waals surface area contributed by atoms with Crippen molar-refractivity contribution in [2.24, 2.45) is 5.92 Å².